The van der Waals surface area contributed by atoms with Crippen molar-refractivity contribution < 1.29 is 9.53 Å². The van der Waals surface area contributed by atoms with Crippen molar-refractivity contribution in [2.75, 3.05) is 0 Å². The molecule has 3 heterocycles. The van der Waals surface area contributed by atoms with Crippen LogP contribution < -0.4 is 5.56 Å². The summed E-state index contributed by atoms with van der Waals surface area (Å²) in [5, 5.41) is 4.61. The van der Waals surface area contributed by atoms with E-state index in [4.69, 9.17) is 4.74 Å². The molecule has 7 heteroatoms. The number of aromatic nitrogens is 4. The first-order valence-corrected chi connectivity index (χ1v) is 10.3. The van der Waals surface area contributed by atoms with Gasteiger partial charge in [-0.3, -0.25) is 9.20 Å². The Labute approximate surface area is 178 Å². The number of hydrogen-bond donors (Lipinski definition) is 0. The Morgan fingerprint density at radius 1 is 1.13 bits per heavy atom. The predicted molar refractivity (Wildman–Crippen MR) is 116 cm³/mol. The monoisotopic (exact) mass is 414 g/mol. The summed E-state index contributed by atoms with van der Waals surface area (Å²) in [6, 6.07) is 13.0. The molecule has 3 aromatic heterocycles. The van der Waals surface area contributed by atoms with Gasteiger partial charge in [0.15, 0.2) is 5.69 Å². The Morgan fingerprint density at radius 2 is 1.97 bits per heavy atom. The fourth-order valence-corrected chi connectivity index (χ4v) is 4.14. The smallest absolute Gasteiger partial charge is 0.359 e. The topological polar surface area (TPSA) is 78.5 Å². The molecular weight excluding hydrogens is 392 g/mol. The van der Waals surface area contributed by atoms with Crippen LogP contribution in [0.2, 0.25) is 0 Å². The van der Waals surface area contributed by atoms with Gasteiger partial charge in [-0.05, 0) is 56.4 Å². The minimum absolute atomic E-state index is 0.0789. The first-order valence-electron chi connectivity index (χ1n) is 10.3. The van der Waals surface area contributed by atoms with E-state index in [1.807, 2.05) is 48.9 Å². The summed E-state index contributed by atoms with van der Waals surface area (Å²) >= 11 is 0. The van der Waals surface area contributed by atoms with Crippen LogP contribution in [0.3, 0.4) is 0 Å². The van der Waals surface area contributed by atoms with Gasteiger partial charge in [0.05, 0.1) is 11.4 Å². The molecule has 0 aliphatic heterocycles. The van der Waals surface area contributed by atoms with Crippen molar-refractivity contribution in [3.63, 3.8) is 0 Å². The highest BCUT2D eigenvalue weighted by atomic mass is 16.5. The third-order valence-electron chi connectivity index (χ3n) is 5.68. The third-order valence-corrected chi connectivity index (χ3v) is 5.68. The molecule has 5 rings (SSSR count). The van der Waals surface area contributed by atoms with Crippen LogP contribution in [0.5, 0.6) is 0 Å². The number of rotatable bonds is 4. The van der Waals surface area contributed by atoms with Crippen molar-refractivity contribution in [1.29, 1.82) is 0 Å². The third kappa shape index (κ3) is 3.42. The first kappa shape index (κ1) is 19.2. The lowest BCUT2D eigenvalue weighted by Gasteiger charge is -2.08. The number of esters is 1. The second kappa shape index (κ2) is 7.50. The molecule has 0 atom stereocenters. The van der Waals surface area contributed by atoms with Gasteiger partial charge >= 0.3 is 5.97 Å². The van der Waals surface area contributed by atoms with E-state index in [2.05, 4.69) is 10.1 Å². The number of hydrogen-bond acceptors (Lipinski definition) is 5. The average molecular weight is 414 g/mol. The number of nitrogens with zero attached hydrogens (tertiary/aromatic N) is 4. The quantitative estimate of drug-likeness (QED) is 0.479. The lowest BCUT2D eigenvalue weighted by Crippen LogP contribution is -2.17. The molecule has 0 radical (unpaired) electrons. The van der Waals surface area contributed by atoms with Crippen LogP contribution in [0, 0.1) is 13.8 Å². The molecule has 0 amide bonds. The van der Waals surface area contributed by atoms with Crippen LogP contribution in [0.15, 0.2) is 53.5 Å². The van der Waals surface area contributed by atoms with Gasteiger partial charge in [-0.1, -0.05) is 24.3 Å². The molecule has 0 bridgehead atoms. The molecule has 4 aromatic rings. The maximum Gasteiger partial charge on any atom is 0.359 e. The molecular formula is C24H22N4O3. The number of carbonyl (C=O) groups excluding carboxylic acids is 1. The molecule has 1 aliphatic carbocycles. The highest BCUT2D eigenvalue weighted by Gasteiger charge is 2.28. The van der Waals surface area contributed by atoms with E-state index in [9.17, 15) is 9.59 Å². The summed E-state index contributed by atoms with van der Waals surface area (Å²) in [7, 11) is 0. The molecule has 0 unspecified atom stereocenters. The Bertz CT molecular complexity index is 1380. The lowest BCUT2D eigenvalue weighted by atomic mass is 10.2. The van der Waals surface area contributed by atoms with Gasteiger partial charge in [-0.2, -0.15) is 5.10 Å². The molecule has 31 heavy (non-hydrogen) atoms. The lowest BCUT2D eigenvalue weighted by molar-refractivity contribution is 0.0459. The second-order valence-corrected chi connectivity index (χ2v) is 7.92. The van der Waals surface area contributed by atoms with Gasteiger partial charge in [0, 0.05) is 23.5 Å². The van der Waals surface area contributed by atoms with Crippen LogP contribution >= 0.6 is 0 Å². The molecule has 1 aliphatic rings. The van der Waals surface area contributed by atoms with Crippen molar-refractivity contribution in [1.82, 2.24) is 19.2 Å². The number of para-hydroxylation sites is 1. The normalized spacial score (nSPS) is 12.8. The number of fused-ring (bicyclic) bond motifs is 2. The van der Waals surface area contributed by atoms with E-state index in [1.54, 1.807) is 12.3 Å². The van der Waals surface area contributed by atoms with Crippen molar-refractivity contribution in [2.24, 2.45) is 0 Å². The van der Waals surface area contributed by atoms with Gasteiger partial charge in [0.2, 0.25) is 0 Å². The summed E-state index contributed by atoms with van der Waals surface area (Å²) in [4.78, 5) is 29.7. The summed E-state index contributed by atoms with van der Waals surface area (Å²) in [5.74, 6) is -0.489. The molecule has 7 nitrogen and oxygen atoms in total. The number of carbonyl (C=O) groups is 1. The van der Waals surface area contributed by atoms with Gasteiger partial charge in [-0.15, -0.1) is 0 Å². The van der Waals surface area contributed by atoms with Gasteiger partial charge in [0.25, 0.3) is 5.56 Å². The molecule has 0 spiro atoms. The van der Waals surface area contributed by atoms with Crippen molar-refractivity contribution in [3.8, 4) is 5.69 Å². The molecule has 0 fully saturated rings. The van der Waals surface area contributed by atoms with E-state index in [1.165, 1.54) is 10.5 Å². The zero-order valence-corrected chi connectivity index (χ0v) is 17.5. The van der Waals surface area contributed by atoms with E-state index >= 15 is 0 Å². The SMILES string of the molecule is Cc1ccc2nc(COC(=O)c3nn(-c4ccccc4C)c4c3CCC4)cc(=O)n2c1. The fraction of sp³-hybridized carbons (Fsp3) is 0.250. The zero-order valence-electron chi connectivity index (χ0n) is 17.5. The van der Waals surface area contributed by atoms with Crippen LogP contribution in [0.1, 0.15) is 45.0 Å². The maximum absolute atomic E-state index is 12.9. The summed E-state index contributed by atoms with van der Waals surface area (Å²) < 4.78 is 8.88. The molecule has 0 saturated heterocycles. The Kier molecular flexibility index (Phi) is 4.66. The Hall–Kier alpha value is -3.74. The second-order valence-electron chi connectivity index (χ2n) is 7.92. The highest BCUT2D eigenvalue weighted by molar-refractivity contribution is 5.89. The zero-order chi connectivity index (χ0) is 21.5. The van der Waals surface area contributed by atoms with Crippen LogP contribution in [0.25, 0.3) is 11.3 Å². The number of benzene rings is 1. The van der Waals surface area contributed by atoms with Crippen LogP contribution in [-0.4, -0.2) is 25.1 Å². The summed E-state index contributed by atoms with van der Waals surface area (Å²) in [6.45, 7) is 3.86. The van der Waals surface area contributed by atoms with Crippen molar-refractivity contribution in [2.45, 2.75) is 39.7 Å². The number of aryl methyl sites for hydroxylation is 2. The summed E-state index contributed by atoms with van der Waals surface area (Å²) in [6.07, 6.45) is 4.41. The van der Waals surface area contributed by atoms with Crippen molar-refractivity contribution >= 4 is 11.6 Å². The van der Waals surface area contributed by atoms with Crippen LogP contribution in [0.4, 0.5) is 0 Å². The molecule has 0 N–H and O–H groups in total. The van der Waals surface area contributed by atoms with Gasteiger partial charge < -0.3 is 4.74 Å². The number of pyridine rings is 1. The minimum Gasteiger partial charge on any atom is -0.454 e. The number of ether oxygens (including phenoxy) is 1. The van der Waals surface area contributed by atoms with Gasteiger partial charge in [0.1, 0.15) is 12.3 Å². The highest BCUT2D eigenvalue weighted by Crippen LogP contribution is 2.29. The first-order chi connectivity index (χ1) is 15.0. The Morgan fingerprint density at radius 3 is 2.81 bits per heavy atom. The Balaban J connectivity index is 1.42. The average Bonchev–Trinajstić information content (AvgIpc) is 3.36. The summed E-state index contributed by atoms with van der Waals surface area (Å²) in [5.41, 5.74) is 6.14. The largest absolute Gasteiger partial charge is 0.454 e. The predicted octanol–water partition coefficient (Wildman–Crippen LogP) is 3.34. The molecule has 1 aromatic carbocycles. The van der Waals surface area contributed by atoms with Crippen molar-refractivity contribution in [3.05, 3.63) is 92.8 Å². The van der Waals surface area contributed by atoms with E-state index in [0.29, 0.717) is 17.0 Å². The van der Waals surface area contributed by atoms with E-state index in [0.717, 1.165) is 47.3 Å². The minimum atomic E-state index is -0.489. The standard InChI is InChI=1S/C24H22N4O3/c1-15-10-11-21-25-17(12-22(29)27(21)13-15)14-31-24(30)23-18-7-5-9-20(18)28(26-23)19-8-4-3-6-16(19)2/h3-4,6,8,10-13H,5,7,9,14H2,1-2H3. The maximum atomic E-state index is 12.9. The van der Waals surface area contributed by atoms with Crippen LogP contribution in [-0.2, 0) is 24.2 Å². The van der Waals surface area contributed by atoms with E-state index < -0.39 is 5.97 Å². The molecule has 0 saturated carbocycles. The molecule has 156 valence electrons. The van der Waals surface area contributed by atoms with Gasteiger partial charge in [-0.25, -0.2) is 14.5 Å². The fourth-order valence-electron chi connectivity index (χ4n) is 4.14. The van der Waals surface area contributed by atoms with E-state index in [-0.39, 0.29) is 12.2 Å².